The lowest BCUT2D eigenvalue weighted by Crippen LogP contribution is -2.04. The molecule has 0 bridgehead atoms. The van der Waals surface area contributed by atoms with Crippen molar-refractivity contribution in [2.24, 2.45) is 0 Å². The Hall–Kier alpha value is -1.89. The Morgan fingerprint density at radius 3 is 2.95 bits per heavy atom. The number of nitrogens with one attached hydrogen (secondary N) is 1. The van der Waals surface area contributed by atoms with Gasteiger partial charge in [0.15, 0.2) is 5.82 Å². The molecule has 0 aromatic carbocycles. The molecule has 0 aliphatic carbocycles. The first-order valence-electron chi connectivity index (χ1n) is 5.83. The van der Waals surface area contributed by atoms with Crippen LogP contribution in [0.5, 0.6) is 5.88 Å². The third kappa shape index (κ3) is 2.21. The molecule has 98 valence electrons. The van der Waals surface area contributed by atoms with Gasteiger partial charge >= 0.3 is 0 Å². The lowest BCUT2D eigenvalue weighted by Gasteiger charge is -2.08. The number of methoxy groups -OCH3 is 1. The first-order chi connectivity index (χ1) is 9.31. The van der Waals surface area contributed by atoms with E-state index in [1.165, 1.54) is 11.9 Å². The van der Waals surface area contributed by atoms with Crippen LogP contribution in [0.2, 0.25) is 0 Å². The molecule has 0 unspecified atom stereocenters. The SMILES string of the molecule is CNc1nc(-c2cc(OC)ncn2)nc2c1CSC2. The fourth-order valence-corrected chi connectivity index (χ4v) is 2.99. The van der Waals surface area contributed by atoms with Gasteiger partial charge in [-0.3, -0.25) is 0 Å². The highest BCUT2D eigenvalue weighted by Gasteiger charge is 2.20. The predicted molar refractivity (Wildman–Crippen MR) is 74.2 cm³/mol. The van der Waals surface area contributed by atoms with E-state index in [1.807, 2.05) is 18.8 Å². The van der Waals surface area contributed by atoms with Crippen molar-refractivity contribution in [1.82, 2.24) is 19.9 Å². The highest BCUT2D eigenvalue weighted by Crippen LogP contribution is 2.34. The van der Waals surface area contributed by atoms with Gasteiger partial charge in [0, 0.05) is 30.2 Å². The summed E-state index contributed by atoms with van der Waals surface area (Å²) in [4.78, 5) is 17.3. The summed E-state index contributed by atoms with van der Waals surface area (Å²) in [6, 6.07) is 1.74. The summed E-state index contributed by atoms with van der Waals surface area (Å²) >= 11 is 1.84. The van der Waals surface area contributed by atoms with Crippen molar-refractivity contribution in [3.8, 4) is 17.4 Å². The second-order valence-corrected chi connectivity index (χ2v) is 5.00. The van der Waals surface area contributed by atoms with Crippen molar-refractivity contribution in [1.29, 1.82) is 0 Å². The molecule has 7 heteroatoms. The van der Waals surface area contributed by atoms with Gasteiger partial charge in [0.05, 0.1) is 12.8 Å². The van der Waals surface area contributed by atoms with Crippen LogP contribution in [0.3, 0.4) is 0 Å². The molecular formula is C12H13N5OS. The highest BCUT2D eigenvalue weighted by atomic mass is 32.2. The molecule has 0 atom stereocenters. The maximum atomic E-state index is 5.10. The molecule has 0 spiro atoms. The zero-order chi connectivity index (χ0) is 13.2. The Labute approximate surface area is 115 Å². The molecule has 3 heterocycles. The molecule has 1 N–H and O–H groups in total. The van der Waals surface area contributed by atoms with Gasteiger partial charge in [-0.2, -0.15) is 11.8 Å². The number of nitrogens with zero attached hydrogens (tertiary/aromatic N) is 4. The zero-order valence-corrected chi connectivity index (χ0v) is 11.5. The van der Waals surface area contributed by atoms with E-state index in [9.17, 15) is 0 Å². The van der Waals surface area contributed by atoms with Crippen molar-refractivity contribution in [3.63, 3.8) is 0 Å². The smallest absolute Gasteiger partial charge is 0.216 e. The van der Waals surface area contributed by atoms with E-state index in [1.54, 1.807) is 13.2 Å². The maximum absolute atomic E-state index is 5.10. The fourth-order valence-electron chi connectivity index (χ4n) is 1.95. The van der Waals surface area contributed by atoms with Crippen LogP contribution < -0.4 is 10.1 Å². The summed E-state index contributed by atoms with van der Waals surface area (Å²) in [5.41, 5.74) is 2.94. The molecule has 6 nitrogen and oxygen atoms in total. The quantitative estimate of drug-likeness (QED) is 0.914. The van der Waals surface area contributed by atoms with Crippen molar-refractivity contribution in [2.75, 3.05) is 19.5 Å². The van der Waals surface area contributed by atoms with Gasteiger partial charge in [-0.05, 0) is 0 Å². The minimum absolute atomic E-state index is 0.509. The van der Waals surface area contributed by atoms with E-state index in [4.69, 9.17) is 4.74 Å². The number of thioether (sulfide) groups is 1. The maximum Gasteiger partial charge on any atom is 0.216 e. The van der Waals surface area contributed by atoms with Crippen LogP contribution in [-0.4, -0.2) is 34.1 Å². The second kappa shape index (κ2) is 5.00. The third-order valence-corrected chi connectivity index (χ3v) is 3.87. The van der Waals surface area contributed by atoms with Crippen LogP contribution >= 0.6 is 11.8 Å². The van der Waals surface area contributed by atoms with Crippen molar-refractivity contribution in [3.05, 3.63) is 23.7 Å². The van der Waals surface area contributed by atoms with E-state index in [2.05, 4.69) is 25.3 Å². The molecule has 0 saturated heterocycles. The van der Waals surface area contributed by atoms with Crippen LogP contribution in [0.15, 0.2) is 12.4 Å². The van der Waals surface area contributed by atoms with E-state index >= 15 is 0 Å². The van der Waals surface area contributed by atoms with E-state index in [-0.39, 0.29) is 0 Å². The normalized spacial score (nSPS) is 13.2. The molecule has 3 rings (SSSR count). The largest absolute Gasteiger partial charge is 0.481 e. The van der Waals surface area contributed by atoms with Crippen LogP contribution in [0.4, 0.5) is 5.82 Å². The Morgan fingerprint density at radius 2 is 2.16 bits per heavy atom. The van der Waals surface area contributed by atoms with Gasteiger partial charge in [-0.25, -0.2) is 19.9 Å². The van der Waals surface area contributed by atoms with Crippen LogP contribution in [0.1, 0.15) is 11.3 Å². The van der Waals surface area contributed by atoms with Crippen LogP contribution in [-0.2, 0) is 11.5 Å². The highest BCUT2D eigenvalue weighted by molar-refractivity contribution is 7.98. The summed E-state index contributed by atoms with van der Waals surface area (Å²) in [6.45, 7) is 0. The topological polar surface area (TPSA) is 72.8 Å². The van der Waals surface area contributed by atoms with E-state index in [0.29, 0.717) is 17.4 Å². The molecule has 2 aromatic heterocycles. The number of anilines is 1. The Kier molecular flexibility index (Phi) is 3.20. The first-order valence-corrected chi connectivity index (χ1v) is 6.99. The molecule has 19 heavy (non-hydrogen) atoms. The van der Waals surface area contributed by atoms with Gasteiger partial charge in [0.2, 0.25) is 5.88 Å². The summed E-state index contributed by atoms with van der Waals surface area (Å²) in [6.07, 6.45) is 1.46. The van der Waals surface area contributed by atoms with Gasteiger partial charge in [-0.15, -0.1) is 0 Å². The van der Waals surface area contributed by atoms with E-state index < -0.39 is 0 Å². The fraction of sp³-hybridized carbons (Fsp3) is 0.333. The Balaban J connectivity index is 2.10. The van der Waals surface area contributed by atoms with Crippen LogP contribution in [0.25, 0.3) is 11.5 Å². The number of ether oxygens (including phenoxy) is 1. The summed E-state index contributed by atoms with van der Waals surface area (Å²) < 4.78 is 5.10. The first kappa shape index (κ1) is 12.2. The number of hydrogen-bond donors (Lipinski definition) is 1. The number of rotatable bonds is 3. The standard InChI is InChI=1S/C12H13N5OS/c1-13-11-7-4-19-5-9(7)16-12(17-11)8-3-10(18-2)15-6-14-8/h3,6H,4-5H2,1-2H3,(H,13,16,17). The minimum Gasteiger partial charge on any atom is -0.481 e. The predicted octanol–water partition coefficient (Wildman–Crippen LogP) is 1.73. The lowest BCUT2D eigenvalue weighted by molar-refractivity contribution is 0.397. The molecule has 0 amide bonds. The second-order valence-electron chi connectivity index (χ2n) is 4.01. The number of fused-ring (bicyclic) bond motifs is 1. The molecule has 1 aliphatic rings. The van der Waals surface area contributed by atoms with Crippen molar-refractivity contribution < 1.29 is 4.74 Å². The van der Waals surface area contributed by atoms with Gasteiger partial charge in [-0.1, -0.05) is 0 Å². The monoisotopic (exact) mass is 275 g/mol. The molecule has 0 fully saturated rings. The van der Waals surface area contributed by atoms with Crippen LogP contribution in [0, 0.1) is 0 Å². The molecule has 1 aliphatic heterocycles. The van der Waals surface area contributed by atoms with Gasteiger partial charge in [0.1, 0.15) is 17.8 Å². The summed E-state index contributed by atoms with van der Waals surface area (Å²) in [7, 11) is 3.45. The van der Waals surface area contributed by atoms with Gasteiger partial charge < -0.3 is 10.1 Å². The average Bonchev–Trinajstić information content (AvgIpc) is 2.94. The van der Waals surface area contributed by atoms with E-state index in [0.717, 1.165) is 23.0 Å². The minimum atomic E-state index is 0.509. The van der Waals surface area contributed by atoms with Crippen molar-refractivity contribution >= 4 is 17.6 Å². The summed E-state index contributed by atoms with van der Waals surface area (Å²) in [5, 5.41) is 3.13. The summed E-state index contributed by atoms with van der Waals surface area (Å²) in [5.74, 6) is 3.86. The van der Waals surface area contributed by atoms with Crippen molar-refractivity contribution in [2.45, 2.75) is 11.5 Å². The number of hydrogen-bond acceptors (Lipinski definition) is 7. The Bertz CT molecular complexity index is 619. The molecule has 2 aromatic rings. The zero-order valence-electron chi connectivity index (χ0n) is 10.7. The third-order valence-electron chi connectivity index (χ3n) is 2.89. The molecular weight excluding hydrogens is 262 g/mol. The Morgan fingerprint density at radius 1 is 1.26 bits per heavy atom. The number of aromatic nitrogens is 4. The molecule has 0 saturated carbocycles. The van der Waals surface area contributed by atoms with Gasteiger partial charge in [0.25, 0.3) is 0 Å². The lowest BCUT2D eigenvalue weighted by atomic mass is 10.2. The molecule has 0 radical (unpaired) electrons. The average molecular weight is 275 g/mol.